The average molecular weight is 364 g/mol. The summed E-state index contributed by atoms with van der Waals surface area (Å²) in [5.74, 6) is -2.58. The van der Waals surface area contributed by atoms with Crippen molar-refractivity contribution in [3.63, 3.8) is 0 Å². The van der Waals surface area contributed by atoms with Crippen molar-refractivity contribution in [3.05, 3.63) is 0 Å². The van der Waals surface area contributed by atoms with E-state index in [4.69, 9.17) is 9.84 Å². The number of hydrogen-bond acceptors (Lipinski definition) is 4. The number of halogens is 3. The summed E-state index contributed by atoms with van der Waals surface area (Å²) in [5, 5.41) is 8.84. The van der Waals surface area contributed by atoms with Crippen LogP contribution in [-0.4, -0.2) is 76.9 Å². The predicted octanol–water partition coefficient (Wildman–Crippen LogP) is 1.49. The standard InChI is InChI=1S/C16H23F3N2O4/c1-10-6-12(10)21(14(24)16(17,18)19)11-7-15(25-9-11)2-4-20(5-3-15)8-13(22)23/h10-12H,2-9H2,1H3,(H,22,23)/t10-,11?,12-/m1/s1. The first kappa shape index (κ1) is 18.4. The highest BCUT2D eigenvalue weighted by Crippen LogP contribution is 2.44. The summed E-state index contributed by atoms with van der Waals surface area (Å²) in [6.45, 7) is 2.98. The number of hydrogen-bond donors (Lipinski definition) is 1. The van der Waals surface area contributed by atoms with Crippen molar-refractivity contribution in [2.45, 2.75) is 56.5 Å². The second kappa shape index (κ2) is 6.42. The van der Waals surface area contributed by atoms with Crippen LogP contribution in [0.4, 0.5) is 13.2 Å². The van der Waals surface area contributed by atoms with Gasteiger partial charge in [-0.15, -0.1) is 0 Å². The quantitative estimate of drug-likeness (QED) is 0.819. The average Bonchev–Trinajstić information content (AvgIpc) is 3.07. The Morgan fingerprint density at radius 1 is 1.32 bits per heavy atom. The molecule has 0 aromatic heterocycles. The number of amides is 1. The van der Waals surface area contributed by atoms with Gasteiger partial charge in [0.25, 0.3) is 0 Å². The second-order valence-corrected chi connectivity index (χ2v) is 7.51. The van der Waals surface area contributed by atoms with Gasteiger partial charge in [-0.3, -0.25) is 14.5 Å². The molecule has 3 aliphatic rings. The maximum atomic E-state index is 13.0. The molecule has 3 rings (SSSR count). The van der Waals surface area contributed by atoms with E-state index >= 15 is 0 Å². The topological polar surface area (TPSA) is 70.1 Å². The van der Waals surface area contributed by atoms with Gasteiger partial charge in [-0.05, 0) is 31.6 Å². The number of rotatable bonds is 4. The summed E-state index contributed by atoms with van der Waals surface area (Å²) >= 11 is 0. The lowest BCUT2D eigenvalue weighted by Crippen LogP contribution is -2.50. The third-order valence-corrected chi connectivity index (χ3v) is 5.61. The smallest absolute Gasteiger partial charge is 0.471 e. The number of alkyl halides is 3. The molecule has 1 spiro atoms. The Balaban J connectivity index is 1.65. The molecule has 25 heavy (non-hydrogen) atoms. The highest BCUT2D eigenvalue weighted by molar-refractivity contribution is 5.83. The zero-order valence-electron chi connectivity index (χ0n) is 14.1. The number of carbonyl (C=O) groups is 2. The van der Waals surface area contributed by atoms with Crippen molar-refractivity contribution in [1.29, 1.82) is 0 Å². The van der Waals surface area contributed by atoms with Crippen LogP contribution in [0.2, 0.25) is 0 Å². The molecule has 0 bridgehead atoms. The maximum absolute atomic E-state index is 13.0. The minimum absolute atomic E-state index is 0.0439. The zero-order valence-corrected chi connectivity index (χ0v) is 14.1. The van der Waals surface area contributed by atoms with Crippen LogP contribution >= 0.6 is 0 Å². The summed E-state index contributed by atoms with van der Waals surface area (Å²) in [6.07, 6.45) is -2.74. The summed E-state index contributed by atoms with van der Waals surface area (Å²) in [6, 6.07) is -0.917. The van der Waals surface area contributed by atoms with Gasteiger partial charge in [0.15, 0.2) is 0 Å². The minimum Gasteiger partial charge on any atom is -0.480 e. The minimum atomic E-state index is -4.87. The second-order valence-electron chi connectivity index (χ2n) is 7.51. The van der Waals surface area contributed by atoms with Gasteiger partial charge in [-0.25, -0.2) is 0 Å². The number of piperidine rings is 1. The fraction of sp³-hybridized carbons (Fsp3) is 0.875. The molecular weight excluding hydrogens is 341 g/mol. The molecule has 0 aromatic rings. The lowest BCUT2D eigenvalue weighted by Gasteiger charge is -2.38. The molecule has 9 heteroatoms. The molecule has 3 fully saturated rings. The largest absolute Gasteiger partial charge is 0.480 e. The van der Waals surface area contributed by atoms with E-state index in [1.54, 1.807) is 4.90 Å². The van der Waals surface area contributed by atoms with Crippen LogP contribution in [0.15, 0.2) is 0 Å². The number of nitrogens with zero attached hydrogens (tertiary/aromatic N) is 2. The highest BCUT2D eigenvalue weighted by Gasteiger charge is 2.55. The lowest BCUT2D eigenvalue weighted by atomic mass is 9.87. The van der Waals surface area contributed by atoms with Crippen LogP contribution in [0.1, 0.15) is 32.6 Å². The van der Waals surface area contributed by atoms with Crippen LogP contribution in [0.5, 0.6) is 0 Å². The van der Waals surface area contributed by atoms with E-state index in [1.165, 1.54) is 0 Å². The van der Waals surface area contributed by atoms with Gasteiger partial charge in [-0.1, -0.05) is 6.92 Å². The Labute approximate surface area is 143 Å². The van der Waals surface area contributed by atoms with Gasteiger partial charge >= 0.3 is 18.1 Å². The van der Waals surface area contributed by atoms with Crippen LogP contribution in [0.3, 0.4) is 0 Å². The van der Waals surface area contributed by atoms with Crippen LogP contribution in [0.25, 0.3) is 0 Å². The molecule has 1 saturated carbocycles. The molecule has 1 N–H and O–H groups in total. The molecule has 1 unspecified atom stereocenters. The predicted molar refractivity (Wildman–Crippen MR) is 80.9 cm³/mol. The molecule has 142 valence electrons. The molecule has 0 aromatic carbocycles. The number of aliphatic carboxylic acids is 1. The molecule has 6 nitrogen and oxygen atoms in total. The van der Waals surface area contributed by atoms with E-state index in [1.807, 2.05) is 6.92 Å². The first-order valence-corrected chi connectivity index (χ1v) is 8.59. The normalized spacial score (nSPS) is 31.9. The Kier molecular flexibility index (Phi) is 4.74. The van der Waals surface area contributed by atoms with Gasteiger partial charge in [0, 0.05) is 19.1 Å². The number of ether oxygens (including phenoxy) is 1. The summed E-state index contributed by atoms with van der Waals surface area (Å²) in [4.78, 5) is 25.5. The van der Waals surface area contributed by atoms with Gasteiger partial charge in [0.1, 0.15) is 0 Å². The fourth-order valence-electron chi connectivity index (χ4n) is 4.08. The van der Waals surface area contributed by atoms with Gasteiger partial charge in [-0.2, -0.15) is 13.2 Å². The molecular formula is C16H23F3N2O4. The first-order chi connectivity index (χ1) is 11.6. The monoisotopic (exact) mass is 364 g/mol. The Morgan fingerprint density at radius 3 is 2.40 bits per heavy atom. The number of carboxylic acids is 1. The summed E-state index contributed by atoms with van der Waals surface area (Å²) in [7, 11) is 0. The summed E-state index contributed by atoms with van der Waals surface area (Å²) < 4.78 is 44.8. The van der Waals surface area contributed by atoms with E-state index in [0.717, 1.165) is 4.90 Å². The van der Waals surface area contributed by atoms with Gasteiger partial charge in [0.2, 0.25) is 0 Å². The fourth-order valence-corrected chi connectivity index (χ4v) is 4.08. The van der Waals surface area contributed by atoms with Crippen molar-refractivity contribution in [1.82, 2.24) is 9.80 Å². The van der Waals surface area contributed by atoms with Crippen molar-refractivity contribution >= 4 is 11.9 Å². The lowest BCUT2D eigenvalue weighted by molar-refractivity contribution is -0.188. The van der Waals surface area contributed by atoms with E-state index < -0.39 is 29.7 Å². The molecule has 2 saturated heterocycles. The van der Waals surface area contributed by atoms with E-state index in [-0.39, 0.29) is 25.1 Å². The number of likely N-dealkylation sites (tertiary alicyclic amines) is 1. The third-order valence-electron chi connectivity index (χ3n) is 5.61. The zero-order chi connectivity index (χ0) is 18.4. The van der Waals surface area contributed by atoms with Crippen LogP contribution < -0.4 is 0 Å². The van der Waals surface area contributed by atoms with Crippen molar-refractivity contribution in [2.24, 2.45) is 5.92 Å². The van der Waals surface area contributed by atoms with Crippen LogP contribution in [-0.2, 0) is 14.3 Å². The van der Waals surface area contributed by atoms with E-state index in [9.17, 15) is 22.8 Å². The van der Waals surface area contributed by atoms with Crippen molar-refractivity contribution < 1.29 is 32.6 Å². The van der Waals surface area contributed by atoms with Crippen LogP contribution in [0, 0.1) is 5.92 Å². The Morgan fingerprint density at radius 2 is 1.92 bits per heavy atom. The first-order valence-electron chi connectivity index (χ1n) is 8.59. The van der Waals surface area contributed by atoms with E-state index in [2.05, 4.69) is 0 Å². The number of carbonyl (C=O) groups excluding carboxylic acids is 1. The molecule has 2 heterocycles. The van der Waals surface area contributed by atoms with Crippen molar-refractivity contribution in [3.8, 4) is 0 Å². The van der Waals surface area contributed by atoms with Gasteiger partial charge < -0.3 is 14.7 Å². The molecule has 2 aliphatic heterocycles. The van der Waals surface area contributed by atoms with Gasteiger partial charge in [0.05, 0.1) is 24.8 Å². The molecule has 1 amide bonds. The van der Waals surface area contributed by atoms with E-state index in [0.29, 0.717) is 38.8 Å². The summed E-state index contributed by atoms with van der Waals surface area (Å²) in [5.41, 5.74) is -0.540. The number of carboxylic acid groups (broad SMARTS) is 1. The molecule has 3 atom stereocenters. The Bertz CT molecular complexity index is 546. The Hall–Kier alpha value is -1.35. The molecule has 0 radical (unpaired) electrons. The van der Waals surface area contributed by atoms with Crippen molar-refractivity contribution in [2.75, 3.05) is 26.2 Å². The highest BCUT2D eigenvalue weighted by atomic mass is 19.4. The third kappa shape index (κ3) is 3.92. The maximum Gasteiger partial charge on any atom is 0.471 e. The molecule has 1 aliphatic carbocycles. The SMILES string of the molecule is C[C@@H]1C[C@H]1N(C(=O)C(F)(F)F)C1COC2(CCN(CC(=O)O)CC2)C1.